The summed E-state index contributed by atoms with van der Waals surface area (Å²) < 4.78 is 14.3. The van der Waals surface area contributed by atoms with Gasteiger partial charge in [0.05, 0.1) is 10.5 Å². The standard InChI is InChI=1S/C14H16BFN4O3/c1-8-5-9(7-19-15(2)21)12(16)6-11(8)10-3-4-18-14(17)13(10)20(22)23/h3-6,19,21H,7H2,1-2H3,(H2,17,18). The van der Waals surface area contributed by atoms with Crippen molar-refractivity contribution < 1.29 is 14.3 Å². The Bertz CT molecular complexity index is 755. The van der Waals surface area contributed by atoms with Crippen molar-refractivity contribution in [1.29, 1.82) is 0 Å². The van der Waals surface area contributed by atoms with Gasteiger partial charge in [-0.15, -0.1) is 0 Å². The molecule has 0 spiro atoms. The highest BCUT2D eigenvalue weighted by Gasteiger charge is 2.22. The number of aromatic nitrogens is 1. The summed E-state index contributed by atoms with van der Waals surface area (Å²) in [6, 6.07) is 4.25. The zero-order valence-corrected chi connectivity index (χ0v) is 12.7. The highest BCUT2D eigenvalue weighted by molar-refractivity contribution is 6.45. The molecule has 23 heavy (non-hydrogen) atoms. The average Bonchev–Trinajstić information content (AvgIpc) is 2.46. The first-order chi connectivity index (χ1) is 10.8. The van der Waals surface area contributed by atoms with E-state index in [1.165, 1.54) is 25.2 Å². The lowest BCUT2D eigenvalue weighted by molar-refractivity contribution is -0.383. The lowest BCUT2D eigenvalue weighted by Crippen LogP contribution is -2.30. The highest BCUT2D eigenvalue weighted by Crippen LogP contribution is 2.35. The molecular formula is C14H16BFN4O3. The number of rotatable bonds is 5. The van der Waals surface area contributed by atoms with E-state index >= 15 is 0 Å². The van der Waals surface area contributed by atoms with Crippen molar-refractivity contribution in [3.63, 3.8) is 0 Å². The van der Waals surface area contributed by atoms with Crippen LogP contribution < -0.4 is 11.0 Å². The van der Waals surface area contributed by atoms with Crippen LogP contribution in [0.3, 0.4) is 0 Å². The number of pyridine rings is 1. The molecule has 1 aromatic carbocycles. The molecule has 0 amide bonds. The number of anilines is 1. The summed E-state index contributed by atoms with van der Waals surface area (Å²) in [7, 11) is -0.768. The zero-order chi connectivity index (χ0) is 17.1. The van der Waals surface area contributed by atoms with Crippen LogP contribution in [0.5, 0.6) is 0 Å². The second kappa shape index (κ2) is 6.72. The number of nitro groups is 1. The Labute approximate surface area is 132 Å². The minimum Gasteiger partial charge on any atom is -0.437 e. The number of benzene rings is 1. The van der Waals surface area contributed by atoms with E-state index < -0.39 is 17.8 Å². The molecule has 2 aromatic rings. The maximum atomic E-state index is 14.3. The fourth-order valence-corrected chi connectivity index (χ4v) is 2.30. The number of nitrogens with two attached hydrogens (primary N) is 1. The molecule has 0 fully saturated rings. The van der Waals surface area contributed by atoms with Crippen molar-refractivity contribution in [2.75, 3.05) is 5.73 Å². The molecule has 0 bridgehead atoms. The number of hydrogen-bond donors (Lipinski definition) is 3. The van der Waals surface area contributed by atoms with Crippen molar-refractivity contribution in [3.8, 4) is 11.1 Å². The minimum atomic E-state index is -0.768. The van der Waals surface area contributed by atoms with Crippen LogP contribution >= 0.6 is 0 Å². The highest BCUT2D eigenvalue weighted by atomic mass is 19.1. The van der Waals surface area contributed by atoms with Crippen LogP contribution in [0.4, 0.5) is 15.9 Å². The summed E-state index contributed by atoms with van der Waals surface area (Å²) in [5.41, 5.74) is 6.84. The number of nitrogen functional groups attached to an aromatic ring is 1. The summed E-state index contributed by atoms with van der Waals surface area (Å²) in [6.07, 6.45) is 1.35. The number of aryl methyl sites for hydroxylation is 1. The largest absolute Gasteiger partial charge is 0.437 e. The Morgan fingerprint density at radius 1 is 1.48 bits per heavy atom. The molecular weight excluding hydrogens is 302 g/mol. The molecule has 4 N–H and O–H groups in total. The molecule has 0 aliphatic heterocycles. The van der Waals surface area contributed by atoms with Crippen LogP contribution in [0, 0.1) is 22.9 Å². The Hall–Kier alpha value is -2.52. The van der Waals surface area contributed by atoms with Gasteiger partial charge in [0.15, 0.2) is 0 Å². The fraction of sp³-hybridized carbons (Fsp3) is 0.214. The number of nitrogens with zero attached hydrogens (tertiary/aromatic N) is 2. The van der Waals surface area contributed by atoms with Crippen molar-refractivity contribution in [3.05, 3.63) is 51.5 Å². The predicted octanol–water partition coefficient (Wildman–Crippen LogP) is 1.89. The number of halogens is 1. The van der Waals surface area contributed by atoms with E-state index in [4.69, 9.17) is 5.73 Å². The second-order valence-electron chi connectivity index (χ2n) is 5.16. The van der Waals surface area contributed by atoms with Crippen molar-refractivity contribution in [1.82, 2.24) is 10.2 Å². The molecule has 0 radical (unpaired) electrons. The van der Waals surface area contributed by atoms with Gasteiger partial charge < -0.3 is 16.0 Å². The molecule has 0 saturated carbocycles. The smallest absolute Gasteiger partial charge is 0.373 e. The number of hydrogen-bond acceptors (Lipinski definition) is 6. The van der Waals surface area contributed by atoms with Gasteiger partial charge in [0, 0.05) is 18.3 Å². The van der Waals surface area contributed by atoms with Gasteiger partial charge in [0.2, 0.25) is 5.82 Å². The molecule has 1 heterocycles. The third kappa shape index (κ3) is 3.63. The van der Waals surface area contributed by atoms with Gasteiger partial charge in [-0.2, -0.15) is 0 Å². The van der Waals surface area contributed by atoms with Crippen LogP contribution in [0.1, 0.15) is 11.1 Å². The fourth-order valence-electron chi connectivity index (χ4n) is 2.30. The van der Waals surface area contributed by atoms with Gasteiger partial charge in [0.25, 0.3) is 0 Å². The molecule has 120 valence electrons. The summed E-state index contributed by atoms with van der Waals surface area (Å²) in [4.78, 5) is 14.3. The van der Waals surface area contributed by atoms with Crippen LogP contribution in [0.15, 0.2) is 24.4 Å². The normalized spacial score (nSPS) is 10.6. The molecule has 2 rings (SSSR count). The molecule has 0 atom stereocenters. The predicted molar refractivity (Wildman–Crippen MR) is 86.1 cm³/mol. The van der Waals surface area contributed by atoms with E-state index in [1.54, 1.807) is 13.0 Å². The van der Waals surface area contributed by atoms with Crippen LogP contribution in [0.2, 0.25) is 6.82 Å². The maximum Gasteiger partial charge on any atom is 0.373 e. The van der Waals surface area contributed by atoms with E-state index in [9.17, 15) is 19.5 Å². The first-order valence-corrected chi connectivity index (χ1v) is 6.91. The van der Waals surface area contributed by atoms with Gasteiger partial charge >= 0.3 is 12.7 Å². The van der Waals surface area contributed by atoms with Crippen molar-refractivity contribution in [2.45, 2.75) is 20.3 Å². The van der Waals surface area contributed by atoms with Gasteiger partial charge in [-0.25, -0.2) is 9.37 Å². The third-order valence-corrected chi connectivity index (χ3v) is 3.41. The quantitative estimate of drug-likeness (QED) is 0.440. The Morgan fingerprint density at radius 2 is 2.17 bits per heavy atom. The van der Waals surface area contributed by atoms with Gasteiger partial charge in [-0.05, 0) is 37.0 Å². The molecule has 0 aliphatic carbocycles. The zero-order valence-electron chi connectivity index (χ0n) is 12.7. The lowest BCUT2D eigenvalue weighted by atomic mass is 9.88. The van der Waals surface area contributed by atoms with E-state index in [0.717, 1.165) is 0 Å². The second-order valence-corrected chi connectivity index (χ2v) is 5.16. The Morgan fingerprint density at radius 3 is 2.78 bits per heavy atom. The summed E-state index contributed by atoms with van der Waals surface area (Å²) in [5, 5.41) is 23.1. The van der Waals surface area contributed by atoms with Crippen LogP contribution in [0.25, 0.3) is 11.1 Å². The Kier molecular flexibility index (Phi) is 4.92. The van der Waals surface area contributed by atoms with Gasteiger partial charge in [-0.3, -0.25) is 10.1 Å². The Balaban J connectivity index is 2.52. The SMILES string of the molecule is CB(O)NCc1cc(C)c(-c2ccnc(N)c2[N+](=O)[O-])cc1F. The molecule has 0 aliphatic rings. The summed E-state index contributed by atoms with van der Waals surface area (Å²) >= 11 is 0. The molecule has 1 aromatic heterocycles. The molecule has 7 nitrogen and oxygen atoms in total. The maximum absolute atomic E-state index is 14.3. The lowest BCUT2D eigenvalue weighted by Gasteiger charge is -2.12. The van der Waals surface area contributed by atoms with E-state index in [2.05, 4.69) is 10.2 Å². The minimum absolute atomic E-state index is 0.144. The van der Waals surface area contributed by atoms with Crippen molar-refractivity contribution in [2.24, 2.45) is 0 Å². The van der Waals surface area contributed by atoms with E-state index in [0.29, 0.717) is 16.7 Å². The first kappa shape index (κ1) is 16.8. The molecule has 0 unspecified atom stereocenters. The summed E-state index contributed by atoms with van der Waals surface area (Å²) in [5.74, 6) is -0.740. The number of nitrogens with one attached hydrogen (secondary N) is 1. The van der Waals surface area contributed by atoms with Crippen LogP contribution in [-0.2, 0) is 6.54 Å². The molecule has 0 saturated heterocycles. The first-order valence-electron chi connectivity index (χ1n) is 6.91. The average molecular weight is 318 g/mol. The van der Waals surface area contributed by atoms with E-state index in [1.807, 2.05) is 0 Å². The monoisotopic (exact) mass is 318 g/mol. The topological polar surface area (TPSA) is 114 Å². The van der Waals surface area contributed by atoms with Crippen molar-refractivity contribution >= 4 is 18.6 Å². The van der Waals surface area contributed by atoms with Gasteiger partial charge in [-0.1, -0.05) is 6.07 Å². The third-order valence-electron chi connectivity index (χ3n) is 3.41. The van der Waals surface area contributed by atoms with Gasteiger partial charge in [0.1, 0.15) is 5.82 Å². The van der Waals surface area contributed by atoms with Crippen LogP contribution in [-0.4, -0.2) is 22.0 Å². The van der Waals surface area contributed by atoms with E-state index in [-0.39, 0.29) is 23.6 Å². The summed E-state index contributed by atoms with van der Waals surface area (Å²) in [6.45, 7) is 3.40. The molecule has 9 heteroatoms.